The molecule has 0 bridgehead atoms. The lowest BCUT2D eigenvalue weighted by Crippen LogP contribution is -2.17. The molecule has 0 fully saturated rings. The maximum absolute atomic E-state index is 13.3. The van der Waals surface area contributed by atoms with Crippen molar-refractivity contribution < 1.29 is 18.7 Å². The molecule has 0 aromatic heterocycles. The average Bonchev–Trinajstić information content (AvgIpc) is 2.33. The second-order valence-corrected chi connectivity index (χ2v) is 3.77. The highest BCUT2D eigenvalue weighted by molar-refractivity contribution is 5.70. The van der Waals surface area contributed by atoms with Gasteiger partial charge in [0.2, 0.25) is 0 Å². The number of halogens is 1. The van der Waals surface area contributed by atoms with Crippen LogP contribution in [-0.2, 0) is 14.3 Å². The molecule has 18 heavy (non-hydrogen) atoms. The lowest BCUT2D eigenvalue weighted by Gasteiger charge is -2.08. The topological polar surface area (TPSA) is 47.6 Å². The van der Waals surface area contributed by atoms with Crippen LogP contribution in [0, 0.1) is 12.7 Å². The highest BCUT2D eigenvalue weighted by Crippen LogP contribution is 2.14. The first kappa shape index (κ1) is 14.4. The van der Waals surface area contributed by atoms with Gasteiger partial charge in [-0.15, -0.1) is 0 Å². The predicted octanol–water partition coefficient (Wildman–Crippen LogP) is 2.13. The maximum Gasteiger partial charge on any atom is 0.332 e. The zero-order chi connectivity index (χ0) is 13.4. The molecule has 0 saturated carbocycles. The van der Waals surface area contributed by atoms with Crippen molar-refractivity contribution in [1.29, 1.82) is 0 Å². The molecule has 0 amide bonds. The van der Waals surface area contributed by atoms with Gasteiger partial charge in [0.1, 0.15) is 12.4 Å². The second kappa shape index (κ2) is 7.66. The third kappa shape index (κ3) is 5.14. The Morgan fingerprint density at radius 1 is 1.44 bits per heavy atom. The van der Waals surface area contributed by atoms with E-state index in [0.29, 0.717) is 25.4 Å². The van der Waals surface area contributed by atoms with Crippen molar-refractivity contribution in [1.82, 2.24) is 0 Å². The van der Waals surface area contributed by atoms with E-state index >= 15 is 0 Å². The Morgan fingerprint density at radius 2 is 2.22 bits per heavy atom. The minimum atomic E-state index is -0.390. The zero-order valence-electron chi connectivity index (χ0n) is 10.7. The predicted molar refractivity (Wildman–Crippen MR) is 67.1 cm³/mol. The number of benzene rings is 1. The molecule has 1 N–H and O–H groups in total. The summed E-state index contributed by atoms with van der Waals surface area (Å²) < 4.78 is 23.1. The van der Waals surface area contributed by atoms with E-state index in [0.717, 1.165) is 5.56 Å². The Labute approximate surface area is 106 Å². The van der Waals surface area contributed by atoms with E-state index in [9.17, 15) is 9.18 Å². The summed E-state index contributed by atoms with van der Waals surface area (Å²) in [5, 5.41) is 2.91. The first-order chi connectivity index (χ1) is 8.63. The summed E-state index contributed by atoms with van der Waals surface area (Å²) in [4.78, 5) is 10.9. The minimum absolute atomic E-state index is 0.0776. The highest BCUT2D eigenvalue weighted by atomic mass is 19.1. The number of ether oxygens (including phenoxy) is 2. The van der Waals surface area contributed by atoms with E-state index in [-0.39, 0.29) is 18.4 Å². The Hall–Kier alpha value is -1.62. The molecule has 100 valence electrons. The molecule has 0 atom stereocenters. The zero-order valence-corrected chi connectivity index (χ0v) is 10.7. The van der Waals surface area contributed by atoms with E-state index in [4.69, 9.17) is 9.47 Å². The van der Waals surface area contributed by atoms with Crippen molar-refractivity contribution >= 4 is 11.7 Å². The molecule has 1 rings (SSSR count). The molecular weight excluding hydrogens is 237 g/mol. The van der Waals surface area contributed by atoms with Gasteiger partial charge >= 0.3 is 5.97 Å². The van der Waals surface area contributed by atoms with Crippen LogP contribution in [0.1, 0.15) is 12.5 Å². The Balaban J connectivity index is 2.21. The van der Waals surface area contributed by atoms with E-state index < -0.39 is 0 Å². The van der Waals surface area contributed by atoms with Gasteiger partial charge in [-0.25, -0.2) is 9.18 Å². The van der Waals surface area contributed by atoms with Crippen molar-refractivity contribution in [2.75, 3.05) is 31.7 Å². The van der Waals surface area contributed by atoms with E-state index in [1.165, 1.54) is 6.07 Å². The number of carbonyl (C=O) groups excluding carboxylic acids is 1. The summed E-state index contributed by atoms with van der Waals surface area (Å²) >= 11 is 0. The maximum atomic E-state index is 13.3. The quantitative estimate of drug-likeness (QED) is 0.599. The standard InChI is InChI=1S/C13H18FNO3/c1-3-18-13(16)9-17-7-6-15-12-8-10(2)4-5-11(12)14/h4-5,8,15H,3,6-7,9H2,1-2H3. The molecule has 4 nitrogen and oxygen atoms in total. The van der Waals surface area contributed by atoms with Crippen molar-refractivity contribution in [2.24, 2.45) is 0 Å². The van der Waals surface area contributed by atoms with Crippen LogP contribution in [-0.4, -0.2) is 32.3 Å². The smallest absolute Gasteiger partial charge is 0.332 e. The summed E-state index contributed by atoms with van der Waals surface area (Å²) in [5.41, 5.74) is 1.42. The fraction of sp³-hybridized carbons (Fsp3) is 0.462. The van der Waals surface area contributed by atoms with Crippen LogP contribution in [0.2, 0.25) is 0 Å². The number of carbonyl (C=O) groups is 1. The molecule has 0 saturated heterocycles. The number of anilines is 1. The SMILES string of the molecule is CCOC(=O)COCCNc1cc(C)ccc1F. The van der Waals surface area contributed by atoms with Crippen molar-refractivity contribution in [3.63, 3.8) is 0 Å². The Bertz CT molecular complexity index is 396. The number of rotatable bonds is 7. The molecule has 0 heterocycles. The number of hydrogen-bond donors (Lipinski definition) is 1. The second-order valence-electron chi connectivity index (χ2n) is 3.77. The third-order valence-electron chi connectivity index (χ3n) is 2.21. The Morgan fingerprint density at radius 3 is 2.94 bits per heavy atom. The molecule has 0 aliphatic heterocycles. The summed E-state index contributed by atoms with van der Waals surface area (Å²) in [6, 6.07) is 4.84. The van der Waals surface area contributed by atoms with Crippen LogP contribution in [0.15, 0.2) is 18.2 Å². The first-order valence-corrected chi connectivity index (χ1v) is 5.87. The number of aryl methyl sites for hydroxylation is 1. The van der Waals surface area contributed by atoms with Gasteiger partial charge < -0.3 is 14.8 Å². The normalized spacial score (nSPS) is 10.2. The number of hydrogen-bond acceptors (Lipinski definition) is 4. The monoisotopic (exact) mass is 255 g/mol. The van der Waals surface area contributed by atoms with E-state index in [2.05, 4.69) is 5.32 Å². The van der Waals surface area contributed by atoms with Crippen LogP contribution in [0.4, 0.5) is 10.1 Å². The van der Waals surface area contributed by atoms with Crippen molar-refractivity contribution in [3.05, 3.63) is 29.6 Å². The van der Waals surface area contributed by atoms with Gasteiger partial charge in [-0.3, -0.25) is 0 Å². The largest absolute Gasteiger partial charge is 0.464 e. The van der Waals surface area contributed by atoms with Gasteiger partial charge in [-0.1, -0.05) is 6.07 Å². The van der Waals surface area contributed by atoms with Gasteiger partial charge in [-0.05, 0) is 31.5 Å². The summed E-state index contributed by atoms with van der Waals surface area (Å²) in [5.74, 6) is -0.690. The molecule has 0 aliphatic rings. The van der Waals surface area contributed by atoms with Gasteiger partial charge in [0.05, 0.1) is 18.9 Å². The fourth-order valence-corrected chi connectivity index (χ4v) is 1.39. The van der Waals surface area contributed by atoms with Gasteiger partial charge in [-0.2, -0.15) is 0 Å². The van der Waals surface area contributed by atoms with Crippen molar-refractivity contribution in [3.8, 4) is 0 Å². The lowest BCUT2D eigenvalue weighted by atomic mass is 10.2. The van der Waals surface area contributed by atoms with E-state index in [1.807, 2.05) is 6.92 Å². The Kier molecular flexibility index (Phi) is 6.14. The minimum Gasteiger partial charge on any atom is -0.464 e. The summed E-state index contributed by atoms with van der Waals surface area (Å²) in [6.07, 6.45) is 0. The van der Waals surface area contributed by atoms with Crippen LogP contribution in [0.25, 0.3) is 0 Å². The van der Waals surface area contributed by atoms with E-state index in [1.54, 1.807) is 19.1 Å². The average molecular weight is 255 g/mol. The van der Waals surface area contributed by atoms with Crippen LogP contribution < -0.4 is 5.32 Å². The van der Waals surface area contributed by atoms with Gasteiger partial charge in [0.15, 0.2) is 0 Å². The fourth-order valence-electron chi connectivity index (χ4n) is 1.39. The molecule has 0 unspecified atom stereocenters. The molecule has 0 radical (unpaired) electrons. The van der Waals surface area contributed by atoms with Crippen molar-refractivity contribution in [2.45, 2.75) is 13.8 Å². The lowest BCUT2D eigenvalue weighted by molar-refractivity contribution is -0.148. The molecule has 5 heteroatoms. The summed E-state index contributed by atoms with van der Waals surface area (Å²) in [7, 11) is 0. The van der Waals surface area contributed by atoms with Crippen LogP contribution in [0.5, 0.6) is 0 Å². The highest BCUT2D eigenvalue weighted by Gasteiger charge is 2.03. The van der Waals surface area contributed by atoms with Gasteiger partial charge in [0, 0.05) is 6.54 Å². The number of nitrogens with one attached hydrogen (secondary N) is 1. The molecular formula is C13H18FNO3. The number of esters is 1. The van der Waals surface area contributed by atoms with Gasteiger partial charge in [0.25, 0.3) is 0 Å². The third-order valence-corrected chi connectivity index (χ3v) is 2.21. The molecule has 1 aromatic rings. The summed E-state index contributed by atoms with van der Waals surface area (Å²) in [6.45, 7) is 4.63. The van der Waals surface area contributed by atoms with Crippen LogP contribution >= 0.6 is 0 Å². The molecule has 0 spiro atoms. The first-order valence-electron chi connectivity index (χ1n) is 5.87. The molecule has 0 aliphatic carbocycles. The molecule has 1 aromatic carbocycles. The van der Waals surface area contributed by atoms with Crippen LogP contribution in [0.3, 0.4) is 0 Å².